The zero-order valence-electron chi connectivity index (χ0n) is 16.6. The van der Waals surface area contributed by atoms with E-state index < -0.39 is 6.04 Å². The number of esters is 1. The van der Waals surface area contributed by atoms with Gasteiger partial charge in [-0.2, -0.15) is 0 Å². The molecule has 3 rings (SSSR count). The average Bonchev–Trinajstić information content (AvgIpc) is 2.72. The number of hydrogen-bond acceptors (Lipinski definition) is 4. The Morgan fingerprint density at radius 2 is 1.66 bits per heavy atom. The minimum Gasteiger partial charge on any atom is -0.458 e. The second kappa shape index (κ2) is 10.1. The first kappa shape index (κ1) is 20.9. The van der Waals surface area contributed by atoms with Crippen LogP contribution in [0, 0.1) is 5.92 Å². The minimum absolute atomic E-state index is 0.0653. The average molecular weight is 409 g/mol. The van der Waals surface area contributed by atoms with Crippen LogP contribution in [0.15, 0.2) is 72.8 Å². The molecule has 1 N–H and O–H groups in total. The van der Waals surface area contributed by atoms with E-state index in [-0.39, 0.29) is 18.5 Å². The van der Waals surface area contributed by atoms with Gasteiger partial charge in [-0.05, 0) is 47.9 Å². The van der Waals surface area contributed by atoms with Crippen molar-refractivity contribution < 1.29 is 9.53 Å². The molecule has 0 saturated carbocycles. The molecular weight excluding hydrogens is 384 g/mol. The lowest BCUT2D eigenvalue weighted by molar-refractivity contribution is -0.147. The summed E-state index contributed by atoms with van der Waals surface area (Å²) in [4.78, 5) is 17.3. The highest BCUT2D eigenvalue weighted by Crippen LogP contribution is 2.18. The van der Waals surface area contributed by atoms with E-state index in [1.165, 1.54) is 5.56 Å². The second-order valence-electron chi connectivity index (χ2n) is 7.26. The first-order chi connectivity index (χ1) is 14.0. The van der Waals surface area contributed by atoms with E-state index in [9.17, 15) is 4.79 Å². The highest BCUT2D eigenvalue weighted by Gasteiger charge is 2.23. The SMILES string of the molecule is CC(C)C(Nc1ccc(Cl)cc1)C(=O)OCc1cccc(Cc2ccccc2)n1. The first-order valence-corrected chi connectivity index (χ1v) is 10.1. The molecular formula is C24H25ClN2O2. The predicted octanol–water partition coefficient (Wildman–Crippen LogP) is 5.51. The standard InChI is InChI=1S/C24H25ClN2O2/c1-17(2)23(27-20-13-11-19(25)12-14-20)24(28)29-16-22-10-6-9-21(26-22)15-18-7-4-3-5-8-18/h3-14,17,23,27H,15-16H2,1-2H3. The van der Waals surface area contributed by atoms with Gasteiger partial charge in [-0.25, -0.2) is 4.79 Å². The molecule has 2 aromatic carbocycles. The highest BCUT2D eigenvalue weighted by molar-refractivity contribution is 6.30. The van der Waals surface area contributed by atoms with E-state index in [4.69, 9.17) is 16.3 Å². The van der Waals surface area contributed by atoms with Gasteiger partial charge in [0.05, 0.1) is 5.69 Å². The fourth-order valence-corrected chi connectivity index (χ4v) is 3.10. The van der Waals surface area contributed by atoms with E-state index in [0.717, 1.165) is 23.5 Å². The zero-order chi connectivity index (χ0) is 20.6. The van der Waals surface area contributed by atoms with Gasteiger partial charge in [-0.15, -0.1) is 0 Å². The molecule has 3 aromatic rings. The molecule has 1 unspecified atom stereocenters. The molecule has 1 heterocycles. The van der Waals surface area contributed by atoms with E-state index in [2.05, 4.69) is 22.4 Å². The number of ether oxygens (including phenoxy) is 1. The summed E-state index contributed by atoms with van der Waals surface area (Å²) in [6.07, 6.45) is 0.745. The van der Waals surface area contributed by atoms with E-state index in [1.807, 2.05) is 62.4 Å². The van der Waals surface area contributed by atoms with Crippen LogP contribution in [0.4, 0.5) is 5.69 Å². The molecule has 150 valence electrons. The Kier molecular flexibility index (Phi) is 7.25. The molecule has 0 aliphatic heterocycles. The number of aromatic nitrogens is 1. The van der Waals surface area contributed by atoms with Crippen LogP contribution in [-0.2, 0) is 22.6 Å². The molecule has 29 heavy (non-hydrogen) atoms. The summed E-state index contributed by atoms with van der Waals surface area (Å²) in [5, 5.41) is 3.89. The number of carbonyl (C=O) groups is 1. The van der Waals surface area contributed by atoms with Crippen LogP contribution in [0.1, 0.15) is 30.8 Å². The van der Waals surface area contributed by atoms with Crippen molar-refractivity contribution in [3.8, 4) is 0 Å². The van der Waals surface area contributed by atoms with Crippen molar-refractivity contribution in [3.05, 3.63) is 94.8 Å². The summed E-state index contributed by atoms with van der Waals surface area (Å²) in [6.45, 7) is 4.11. The molecule has 5 heteroatoms. The van der Waals surface area contributed by atoms with Gasteiger partial charge in [-0.1, -0.05) is 61.8 Å². The molecule has 0 amide bonds. The lowest BCUT2D eigenvalue weighted by Crippen LogP contribution is -2.36. The number of anilines is 1. The number of rotatable bonds is 8. The normalized spacial score (nSPS) is 11.9. The lowest BCUT2D eigenvalue weighted by atomic mass is 10.0. The molecule has 0 spiro atoms. The molecule has 0 radical (unpaired) electrons. The third-order valence-corrected chi connectivity index (χ3v) is 4.79. The van der Waals surface area contributed by atoms with Crippen molar-refractivity contribution in [2.24, 2.45) is 5.92 Å². The first-order valence-electron chi connectivity index (χ1n) is 9.69. The molecule has 1 atom stereocenters. The van der Waals surface area contributed by atoms with Crippen molar-refractivity contribution in [1.29, 1.82) is 0 Å². The summed E-state index contributed by atoms with van der Waals surface area (Å²) < 4.78 is 5.56. The number of hydrogen-bond donors (Lipinski definition) is 1. The van der Waals surface area contributed by atoms with Crippen molar-refractivity contribution >= 4 is 23.3 Å². The van der Waals surface area contributed by atoms with Crippen molar-refractivity contribution in [1.82, 2.24) is 4.98 Å². The third kappa shape index (κ3) is 6.33. The maximum atomic E-state index is 12.7. The number of nitrogens with one attached hydrogen (secondary N) is 1. The fourth-order valence-electron chi connectivity index (χ4n) is 2.97. The quantitative estimate of drug-likeness (QED) is 0.499. The Bertz CT molecular complexity index is 927. The Morgan fingerprint density at radius 3 is 2.34 bits per heavy atom. The van der Waals surface area contributed by atoms with Gasteiger partial charge in [0.25, 0.3) is 0 Å². The van der Waals surface area contributed by atoms with Crippen molar-refractivity contribution in [3.63, 3.8) is 0 Å². The van der Waals surface area contributed by atoms with Crippen LogP contribution >= 0.6 is 11.6 Å². The summed E-state index contributed by atoms with van der Waals surface area (Å²) in [5.41, 5.74) is 3.71. The van der Waals surface area contributed by atoms with Gasteiger partial charge in [-0.3, -0.25) is 4.98 Å². The number of benzene rings is 2. The number of halogens is 1. The van der Waals surface area contributed by atoms with Crippen LogP contribution < -0.4 is 5.32 Å². The summed E-state index contributed by atoms with van der Waals surface area (Å²) in [6, 6.07) is 22.8. The lowest BCUT2D eigenvalue weighted by Gasteiger charge is -2.22. The van der Waals surface area contributed by atoms with Gasteiger partial charge < -0.3 is 10.1 Å². The molecule has 4 nitrogen and oxygen atoms in total. The van der Waals surface area contributed by atoms with Crippen molar-refractivity contribution in [2.45, 2.75) is 32.9 Å². The Labute approximate surface area is 176 Å². The maximum absolute atomic E-state index is 12.7. The summed E-state index contributed by atoms with van der Waals surface area (Å²) >= 11 is 5.93. The van der Waals surface area contributed by atoms with Crippen LogP contribution in [0.2, 0.25) is 5.02 Å². The van der Waals surface area contributed by atoms with Crippen LogP contribution in [0.25, 0.3) is 0 Å². The fraction of sp³-hybridized carbons (Fsp3) is 0.250. The van der Waals surface area contributed by atoms with Crippen molar-refractivity contribution in [2.75, 3.05) is 5.32 Å². The predicted molar refractivity (Wildman–Crippen MR) is 117 cm³/mol. The molecule has 1 aromatic heterocycles. The Balaban J connectivity index is 1.60. The zero-order valence-corrected chi connectivity index (χ0v) is 17.4. The maximum Gasteiger partial charge on any atom is 0.329 e. The van der Waals surface area contributed by atoms with Gasteiger partial charge in [0.1, 0.15) is 12.6 Å². The van der Waals surface area contributed by atoms with E-state index >= 15 is 0 Å². The van der Waals surface area contributed by atoms with E-state index in [1.54, 1.807) is 12.1 Å². The molecule has 0 aliphatic carbocycles. The largest absolute Gasteiger partial charge is 0.458 e. The number of carbonyl (C=O) groups excluding carboxylic acids is 1. The van der Waals surface area contributed by atoms with E-state index in [0.29, 0.717) is 5.02 Å². The Hall–Kier alpha value is -2.85. The summed E-state index contributed by atoms with van der Waals surface area (Å²) in [7, 11) is 0. The van der Waals surface area contributed by atoms with Gasteiger partial charge in [0, 0.05) is 22.8 Å². The second-order valence-corrected chi connectivity index (χ2v) is 7.70. The van der Waals surface area contributed by atoms with Gasteiger partial charge in [0.15, 0.2) is 0 Å². The van der Waals surface area contributed by atoms with Crippen LogP contribution in [0.3, 0.4) is 0 Å². The minimum atomic E-state index is -0.455. The highest BCUT2D eigenvalue weighted by atomic mass is 35.5. The molecule has 0 fully saturated rings. The third-order valence-electron chi connectivity index (χ3n) is 4.54. The number of nitrogens with zero attached hydrogens (tertiary/aromatic N) is 1. The monoisotopic (exact) mass is 408 g/mol. The molecule has 0 aliphatic rings. The smallest absolute Gasteiger partial charge is 0.329 e. The molecule has 0 saturated heterocycles. The Morgan fingerprint density at radius 1 is 0.966 bits per heavy atom. The topological polar surface area (TPSA) is 51.2 Å². The van der Waals surface area contributed by atoms with Crippen LogP contribution in [0.5, 0.6) is 0 Å². The van der Waals surface area contributed by atoms with Gasteiger partial charge >= 0.3 is 5.97 Å². The molecule has 0 bridgehead atoms. The van der Waals surface area contributed by atoms with Crippen LogP contribution in [-0.4, -0.2) is 17.0 Å². The number of pyridine rings is 1. The summed E-state index contributed by atoms with van der Waals surface area (Å²) in [5.74, 6) is -0.235. The van der Waals surface area contributed by atoms with Gasteiger partial charge in [0.2, 0.25) is 0 Å².